The molecule has 0 rings (SSSR count). The van der Waals surface area contributed by atoms with Crippen LogP contribution in [0.3, 0.4) is 0 Å². The van der Waals surface area contributed by atoms with E-state index in [1.165, 1.54) is 77.0 Å². The summed E-state index contributed by atoms with van der Waals surface area (Å²) < 4.78 is 4.96. The van der Waals surface area contributed by atoms with Gasteiger partial charge in [-0.2, -0.15) is 0 Å². The van der Waals surface area contributed by atoms with Crippen LogP contribution in [0.25, 0.3) is 0 Å². The van der Waals surface area contributed by atoms with E-state index in [1.54, 1.807) is 7.11 Å². The van der Waals surface area contributed by atoms with Gasteiger partial charge in [-0.3, -0.25) is 4.79 Å². The van der Waals surface area contributed by atoms with Crippen LogP contribution in [-0.4, -0.2) is 26.2 Å². The molecule has 0 radical (unpaired) electrons. The van der Waals surface area contributed by atoms with Gasteiger partial charge in [-0.15, -0.1) is 0 Å². The molecule has 0 fully saturated rings. The molecule has 0 aliphatic carbocycles. The van der Waals surface area contributed by atoms with Gasteiger partial charge in [-0.1, -0.05) is 70.4 Å². The minimum absolute atomic E-state index is 0.189. The second-order valence-electron chi connectivity index (χ2n) is 7.03. The van der Waals surface area contributed by atoms with Crippen LogP contribution < -0.4 is 5.32 Å². The number of nitrogens with one attached hydrogen (secondary N) is 1. The van der Waals surface area contributed by atoms with Gasteiger partial charge >= 0.3 is 0 Å². The molecule has 0 bridgehead atoms. The van der Waals surface area contributed by atoms with Crippen molar-refractivity contribution in [2.24, 2.45) is 0 Å². The Morgan fingerprint density at radius 1 is 0.800 bits per heavy atom. The zero-order valence-corrected chi connectivity index (χ0v) is 17.0. The molecule has 0 aromatic rings. The zero-order chi connectivity index (χ0) is 18.4. The first kappa shape index (κ1) is 24.2. The van der Waals surface area contributed by atoms with Gasteiger partial charge in [0, 0.05) is 26.7 Å². The van der Waals surface area contributed by atoms with Crippen molar-refractivity contribution >= 4 is 5.91 Å². The Labute approximate surface area is 157 Å². The zero-order valence-electron chi connectivity index (χ0n) is 17.0. The summed E-state index contributed by atoms with van der Waals surface area (Å²) in [6.07, 6.45) is 23.1. The molecular weight excluding hydrogens is 310 g/mol. The first-order valence-electron chi connectivity index (χ1n) is 10.7. The lowest BCUT2D eigenvalue weighted by Crippen LogP contribution is -2.24. The van der Waals surface area contributed by atoms with E-state index in [1.807, 2.05) is 0 Å². The van der Waals surface area contributed by atoms with Crippen molar-refractivity contribution in [1.29, 1.82) is 0 Å². The van der Waals surface area contributed by atoms with Crippen molar-refractivity contribution in [3.8, 4) is 0 Å². The molecule has 0 aromatic heterocycles. The number of allylic oxidation sites excluding steroid dienone is 2. The third-order valence-corrected chi connectivity index (χ3v) is 4.51. The third-order valence-electron chi connectivity index (χ3n) is 4.51. The van der Waals surface area contributed by atoms with Gasteiger partial charge in [0.2, 0.25) is 5.91 Å². The molecule has 0 aliphatic heterocycles. The molecule has 0 saturated carbocycles. The van der Waals surface area contributed by atoms with Crippen LogP contribution in [0.4, 0.5) is 0 Å². The van der Waals surface area contributed by atoms with Gasteiger partial charge in [0.1, 0.15) is 0 Å². The fourth-order valence-electron chi connectivity index (χ4n) is 2.89. The van der Waals surface area contributed by atoms with E-state index in [0.717, 1.165) is 19.4 Å². The predicted octanol–water partition coefficient (Wildman–Crippen LogP) is 6.18. The topological polar surface area (TPSA) is 38.3 Å². The summed E-state index contributed by atoms with van der Waals surface area (Å²) in [6.45, 7) is 3.72. The predicted molar refractivity (Wildman–Crippen MR) is 109 cm³/mol. The molecule has 148 valence electrons. The first-order chi connectivity index (χ1) is 12.3. The Morgan fingerprint density at radius 3 is 1.96 bits per heavy atom. The Balaban J connectivity index is 3.17. The summed E-state index contributed by atoms with van der Waals surface area (Å²) in [4.78, 5) is 11.6. The van der Waals surface area contributed by atoms with Crippen molar-refractivity contribution < 1.29 is 9.53 Å². The molecule has 3 nitrogen and oxygen atoms in total. The number of unbranched alkanes of at least 4 members (excludes halogenated alkanes) is 11. The Morgan fingerprint density at radius 2 is 1.36 bits per heavy atom. The van der Waals surface area contributed by atoms with Crippen LogP contribution in [0.2, 0.25) is 0 Å². The Kier molecular flexibility index (Phi) is 20.5. The molecule has 3 heteroatoms. The number of rotatable bonds is 19. The summed E-state index contributed by atoms with van der Waals surface area (Å²) in [5.74, 6) is 0.189. The normalized spacial score (nSPS) is 11.3. The van der Waals surface area contributed by atoms with Crippen LogP contribution in [0.5, 0.6) is 0 Å². The molecule has 0 heterocycles. The van der Waals surface area contributed by atoms with Crippen LogP contribution in [0.15, 0.2) is 12.2 Å². The highest BCUT2D eigenvalue weighted by Crippen LogP contribution is 2.09. The fourth-order valence-corrected chi connectivity index (χ4v) is 2.89. The maximum Gasteiger partial charge on any atom is 0.219 e. The summed E-state index contributed by atoms with van der Waals surface area (Å²) in [5.41, 5.74) is 0. The van der Waals surface area contributed by atoms with Crippen LogP contribution in [0.1, 0.15) is 103 Å². The van der Waals surface area contributed by atoms with Crippen LogP contribution in [0, 0.1) is 0 Å². The fraction of sp³-hybridized carbons (Fsp3) is 0.864. The summed E-state index contributed by atoms with van der Waals surface area (Å²) in [6, 6.07) is 0. The molecule has 25 heavy (non-hydrogen) atoms. The number of methoxy groups -OCH3 is 1. The quantitative estimate of drug-likeness (QED) is 0.222. The van der Waals surface area contributed by atoms with Gasteiger partial charge in [0.15, 0.2) is 0 Å². The lowest BCUT2D eigenvalue weighted by molar-refractivity contribution is -0.121. The smallest absolute Gasteiger partial charge is 0.219 e. The second-order valence-corrected chi connectivity index (χ2v) is 7.03. The van der Waals surface area contributed by atoms with Gasteiger partial charge in [0.25, 0.3) is 0 Å². The number of hydrogen-bond acceptors (Lipinski definition) is 2. The number of ether oxygens (including phenoxy) is 1. The van der Waals surface area contributed by atoms with Crippen molar-refractivity contribution in [2.75, 3.05) is 20.3 Å². The third kappa shape index (κ3) is 21.1. The minimum atomic E-state index is 0.189. The molecule has 0 spiro atoms. The Hall–Kier alpha value is -0.830. The molecule has 0 aliphatic rings. The number of carbonyl (C=O) groups excluding carboxylic acids is 1. The lowest BCUT2D eigenvalue weighted by Gasteiger charge is -2.04. The molecule has 0 saturated heterocycles. The monoisotopic (exact) mass is 353 g/mol. The van der Waals surface area contributed by atoms with Crippen molar-refractivity contribution in [3.63, 3.8) is 0 Å². The summed E-state index contributed by atoms with van der Waals surface area (Å²) >= 11 is 0. The van der Waals surface area contributed by atoms with E-state index in [4.69, 9.17) is 4.74 Å². The largest absolute Gasteiger partial charge is 0.385 e. The van der Waals surface area contributed by atoms with Crippen LogP contribution >= 0.6 is 0 Å². The molecule has 1 amide bonds. The molecule has 0 unspecified atom stereocenters. The highest BCUT2D eigenvalue weighted by molar-refractivity contribution is 5.75. The molecule has 0 atom stereocenters. The van der Waals surface area contributed by atoms with Crippen molar-refractivity contribution in [2.45, 2.75) is 103 Å². The first-order valence-corrected chi connectivity index (χ1v) is 10.7. The maximum atomic E-state index is 11.6. The van der Waals surface area contributed by atoms with E-state index in [0.29, 0.717) is 13.0 Å². The van der Waals surface area contributed by atoms with Gasteiger partial charge in [0.05, 0.1) is 0 Å². The number of hydrogen-bond donors (Lipinski definition) is 1. The van der Waals surface area contributed by atoms with E-state index >= 15 is 0 Å². The molecule has 0 aromatic carbocycles. The molecular formula is C22H43NO2. The van der Waals surface area contributed by atoms with E-state index in [-0.39, 0.29) is 5.91 Å². The second kappa shape index (κ2) is 21.2. The highest BCUT2D eigenvalue weighted by atomic mass is 16.5. The van der Waals surface area contributed by atoms with E-state index < -0.39 is 0 Å². The summed E-state index contributed by atoms with van der Waals surface area (Å²) in [7, 11) is 1.69. The number of carbonyl (C=O) groups is 1. The SMILES string of the molecule is CCCCCCCC/C=C\CCCCCCCC(=O)NCCCOC. The maximum absolute atomic E-state index is 11.6. The van der Waals surface area contributed by atoms with Gasteiger partial charge < -0.3 is 10.1 Å². The standard InChI is InChI=1S/C22H43NO2/c1-3-4-5-6-7-8-9-10-11-12-13-14-15-16-17-19-22(24)23-20-18-21-25-2/h10-11H,3-9,12-21H2,1-2H3,(H,23,24)/b11-10-. The van der Waals surface area contributed by atoms with Crippen LogP contribution in [-0.2, 0) is 9.53 Å². The summed E-state index contributed by atoms with van der Waals surface area (Å²) in [5, 5.41) is 2.94. The van der Waals surface area contributed by atoms with Crippen molar-refractivity contribution in [3.05, 3.63) is 12.2 Å². The minimum Gasteiger partial charge on any atom is -0.385 e. The van der Waals surface area contributed by atoms with E-state index in [2.05, 4.69) is 24.4 Å². The average Bonchev–Trinajstić information content (AvgIpc) is 2.62. The van der Waals surface area contributed by atoms with Gasteiger partial charge in [-0.05, 0) is 38.5 Å². The Bertz CT molecular complexity index is 302. The van der Waals surface area contributed by atoms with Gasteiger partial charge in [-0.25, -0.2) is 0 Å². The van der Waals surface area contributed by atoms with E-state index in [9.17, 15) is 4.79 Å². The van der Waals surface area contributed by atoms with Crippen molar-refractivity contribution in [1.82, 2.24) is 5.32 Å². The average molecular weight is 354 g/mol. The number of amides is 1. The molecule has 1 N–H and O–H groups in total. The lowest BCUT2D eigenvalue weighted by atomic mass is 10.1. The highest BCUT2D eigenvalue weighted by Gasteiger charge is 2.00.